The highest BCUT2D eigenvalue weighted by atomic mass is 16.5. The number of carbonyl (C=O) groups excluding carboxylic acids is 1. The van der Waals surface area contributed by atoms with Crippen LogP contribution in [0.15, 0.2) is 24.4 Å². The average molecular weight is 236 g/mol. The number of aromatic nitrogens is 2. The molecule has 0 aromatic carbocycles. The van der Waals surface area contributed by atoms with Crippen LogP contribution in [0, 0.1) is 0 Å². The highest BCUT2D eigenvalue weighted by Gasteiger charge is 2.21. The summed E-state index contributed by atoms with van der Waals surface area (Å²) >= 11 is 0. The Bertz CT molecular complexity index is 405. The number of aryl methyl sites for hydroxylation is 1. The van der Waals surface area contributed by atoms with Crippen LogP contribution in [0.25, 0.3) is 0 Å². The van der Waals surface area contributed by atoms with Crippen LogP contribution < -0.4 is 0 Å². The van der Waals surface area contributed by atoms with Gasteiger partial charge < -0.3 is 4.74 Å². The van der Waals surface area contributed by atoms with E-state index in [9.17, 15) is 4.79 Å². The predicted molar refractivity (Wildman–Crippen MR) is 66.6 cm³/mol. The number of hydrogen-bond donors (Lipinski definition) is 0. The van der Waals surface area contributed by atoms with Crippen LogP contribution in [0.4, 0.5) is 0 Å². The molecule has 0 bridgehead atoms. The Morgan fingerprint density at radius 1 is 1.59 bits per heavy atom. The third-order valence-corrected chi connectivity index (χ3v) is 2.58. The number of allylic oxidation sites excluding steroid dienone is 1. The second-order valence-corrected chi connectivity index (χ2v) is 4.62. The van der Waals surface area contributed by atoms with E-state index in [1.165, 1.54) is 6.08 Å². The molecule has 0 aliphatic carbocycles. The lowest BCUT2D eigenvalue weighted by molar-refractivity contribution is -0.137. The Kier molecular flexibility index (Phi) is 4.49. The quantitative estimate of drug-likeness (QED) is 0.581. The Morgan fingerprint density at radius 2 is 2.29 bits per heavy atom. The van der Waals surface area contributed by atoms with Gasteiger partial charge in [-0.1, -0.05) is 19.9 Å². The van der Waals surface area contributed by atoms with Crippen molar-refractivity contribution >= 4 is 5.97 Å². The maximum absolute atomic E-state index is 11.1. The summed E-state index contributed by atoms with van der Waals surface area (Å²) in [5.41, 5.74) is 0.943. The fraction of sp³-hybridized carbons (Fsp3) is 0.538. The third kappa shape index (κ3) is 4.06. The molecule has 1 heterocycles. The van der Waals surface area contributed by atoms with Crippen LogP contribution >= 0.6 is 0 Å². The molecule has 1 aromatic heterocycles. The first-order valence-corrected chi connectivity index (χ1v) is 5.79. The zero-order chi connectivity index (χ0) is 12.9. The van der Waals surface area contributed by atoms with E-state index in [1.807, 2.05) is 25.4 Å². The second kappa shape index (κ2) is 5.66. The molecule has 0 N–H and O–H groups in total. The molecule has 0 saturated carbocycles. The number of carbonyl (C=O) groups is 1. The van der Waals surface area contributed by atoms with Gasteiger partial charge >= 0.3 is 5.97 Å². The molecule has 94 valence electrons. The van der Waals surface area contributed by atoms with E-state index < -0.39 is 0 Å². The van der Waals surface area contributed by atoms with Gasteiger partial charge in [0.2, 0.25) is 0 Å². The number of rotatable bonds is 5. The summed E-state index contributed by atoms with van der Waals surface area (Å²) in [6.07, 6.45) is 6.00. The molecule has 0 fully saturated rings. The Balaban J connectivity index is 2.58. The maximum Gasteiger partial charge on any atom is 0.330 e. The van der Waals surface area contributed by atoms with Crippen LogP contribution in [-0.2, 0) is 22.0 Å². The smallest absolute Gasteiger partial charge is 0.330 e. The van der Waals surface area contributed by atoms with E-state index in [-0.39, 0.29) is 11.4 Å². The van der Waals surface area contributed by atoms with Gasteiger partial charge in [0, 0.05) is 24.7 Å². The van der Waals surface area contributed by atoms with E-state index in [1.54, 1.807) is 11.6 Å². The largest absolute Gasteiger partial charge is 0.463 e. The summed E-state index contributed by atoms with van der Waals surface area (Å²) in [6.45, 7) is 6.41. The summed E-state index contributed by atoms with van der Waals surface area (Å²) in [5.74, 6) is -0.288. The molecule has 17 heavy (non-hydrogen) atoms. The van der Waals surface area contributed by atoms with Crippen LogP contribution in [0.5, 0.6) is 0 Å². The molecular formula is C13H20N2O2. The van der Waals surface area contributed by atoms with Crippen molar-refractivity contribution in [2.75, 3.05) is 6.61 Å². The van der Waals surface area contributed by atoms with Crippen molar-refractivity contribution in [2.45, 2.75) is 32.6 Å². The molecule has 0 aliphatic rings. The van der Waals surface area contributed by atoms with Gasteiger partial charge in [-0.2, -0.15) is 5.10 Å². The van der Waals surface area contributed by atoms with Crippen molar-refractivity contribution in [1.29, 1.82) is 0 Å². The minimum Gasteiger partial charge on any atom is -0.463 e. The number of nitrogens with zero attached hydrogens (tertiary/aromatic N) is 2. The van der Waals surface area contributed by atoms with Crippen LogP contribution in [0.2, 0.25) is 0 Å². The number of hydrogen-bond acceptors (Lipinski definition) is 3. The van der Waals surface area contributed by atoms with Crippen molar-refractivity contribution in [3.63, 3.8) is 0 Å². The summed E-state index contributed by atoms with van der Waals surface area (Å²) in [7, 11) is 1.90. The van der Waals surface area contributed by atoms with Gasteiger partial charge in [-0.05, 0) is 19.4 Å². The molecule has 4 nitrogen and oxygen atoms in total. The van der Waals surface area contributed by atoms with E-state index >= 15 is 0 Å². The van der Waals surface area contributed by atoms with Gasteiger partial charge in [-0.25, -0.2) is 4.79 Å². The van der Waals surface area contributed by atoms with Gasteiger partial charge in [0.1, 0.15) is 0 Å². The van der Waals surface area contributed by atoms with E-state index in [0.717, 1.165) is 12.1 Å². The summed E-state index contributed by atoms with van der Waals surface area (Å²) in [6, 6.07) is 2.00. The van der Waals surface area contributed by atoms with Gasteiger partial charge in [-0.15, -0.1) is 0 Å². The second-order valence-electron chi connectivity index (χ2n) is 4.62. The standard InChI is InChI=1S/C13H20N2O2/c1-5-17-12(16)7-6-9-13(2,3)11-8-10-15(4)14-11/h6-8,10H,5,9H2,1-4H3/b7-6+. The maximum atomic E-state index is 11.1. The lowest BCUT2D eigenvalue weighted by atomic mass is 9.86. The monoisotopic (exact) mass is 236 g/mol. The fourth-order valence-electron chi connectivity index (χ4n) is 1.52. The minimum atomic E-state index is -0.288. The van der Waals surface area contributed by atoms with Gasteiger partial charge in [-0.3, -0.25) is 4.68 Å². The van der Waals surface area contributed by atoms with Crippen LogP contribution in [0.3, 0.4) is 0 Å². The zero-order valence-electron chi connectivity index (χ0n) is 10.9. The topological polar surface area (TPSA) is 44.1 Å². The lowest BCUT2D eigenvalue weighted by Gasteiger charge is -2.19. The molecule has 0 spiro atoms. The van der Waals surface area contributed by atoms with Crippen molar-refractivity contribution in [2.24, 2.45) is 7.05 Å². The summed E-state index contributed by atoms with van der Waals surface area (Å²) in [4.78, 5) is 11.1. The Hall–Kier alpha value is -1.58. The molecule has 1 rings (SSSR count). The van der Waals surface area contributed by atoms with Crippen LogP contribution in [0.1, 0.15) is 32.9 Å². The lowest BCUT2D eigenvalue weighted by Crippen LogP contribution is -2.17. The average Bonchev–Trinajstić information content (AvgIpc) is 2.65. The molecule has 1 aromatic rings. The Morgan fingerprint density at radius 3 is 2.82 bits per heavy atom. The third-order valence-electron chi connectivity index (χ3n) is 2.58. The normalized spacial score (nSPS) is 12.0. The SMILES string of the molecule is CCOC(=O)/C=C/CC(C)(C)c1ccn(C)n1. The first-order valence-electron chi connectivity index (χ1n) is 5.79. The van der Waals surface area contributed by atoms with Gasteiger partial charge in [0.05, 0.1) is 12.3 Å². The first kappa shape index (κ1) is 13.5. The number of ether oxygens (including phenoxy) is 1. The molecule has 0 aliphatic heterocycles. The molecule has 0 radical (unpaired) electrons. The van der Waals surface area contributed by atoms with Crippen molar-refractivity contribution in [3.05, 3.63) is 30.1 Å². The minimum absolute atomic E-state index is 0.0791. The van der Waals surface area contributed by atoms with Crippen LogP contribution in [-0.4, -0.2) is 22.4 Å². The molecule has 0 amide bonds. The van der Waals surface area contributed by atoms with Crippen molar-refractivity contribution < 1.29 is 9.53 Å². The summed E-state index contributed by atoms with van der Waals surface area (Å²) in [5, 5.41) is 4.38. The van der Waals surface area contributed by atoms with Gasteiger partial charge in [0.25, 0.3) is 0 Å². The highest BCUT2D eigenvalue weighted by Crippen LogP contribution is 2.25. The fourth-order valence-corrected chi connectivity index (χ4v) is 1.52. The van der Waals surface area contributed by atoms with Crippen molar-refractivity contribution in [1.82, 2.24) is 9.78 Å². The molecular weight excluding hydrogens is 216 g/mol. The molecule has 0 saturated heterocycles. The number of esters is 1. The van der Waals surface area contributed by atoms with E-state index in [2.05, 4.69) is 18.9 Å². The molecule has 0 atom stereocenters. The zero-order valence-corrected chi connectivity index (χ0v) is 10.9. The van der Waals surface area contributed by atoms with Gasteiger partial charge in [0.15, 0.2) is 0 Å². The predicted octanol–water partition coefficient (Wildman–Crippen LogP) is 2.21. The first-order chi connectivity index (χ1) is 7.95. The molecule has 0 unspecified atom stereocenters. The Labute approximate surface area is 102 Å². The molecule has 4 heteroatoms. The summed E-state index contributed by atoms with van der Waals surface area (Å²) < 4.78 is 6.60. The van der Waals surface area contributed by atoms with Crippen molar-refractivity contribution in [3.8, 4) is 0 Å². The van der Waals surface area contributed by atoms with E-state index in [4.69, 9.17) is 4.74 Å². The highest BCUT2D eigenvalue weighted by molar-refractivity contribution is 5.81. The van der Waals surface area contributed by atoms with E-state index in [0.29, 0.717) is 6.61 Å².